The molecule has 20 heavy (non-hydrogen) atoms. The summed E-state index contributed by atoms with van der Waals surface area (Å²) in [5.41, 5.74) is 1.64. The predicted molar refractivity (Wildman–Crippen MR) is 79.7 cm³/mol. The second-order valence-electron chi connectivity index (χ2n) is 5.14. The standard InChI is InChI=1S/C14H22N2O3S/c1-2-13-5-3-4-6-14(13)15-20(18,19)16-9-7-12(11-17)8-10-16/h3-6,12,15,17H,2,7-11H2,1H3. The minimum absolute atomic E-state index is 0.139. The molecule has 1 aliphatic heterocycles. The smallest absolute Gasteiger partial charge is 0.301 e. The van der Waals surface area contributed by atoms with Crippen LogP contribution in [-0.2, 0) is 16.6 Å². The van der Waals surface area contributed by atoms with E-state index in [-0.39, 0.29) is 12.5 Å². The summed E-state index contributed by atoms with van der Waals surface area (Å²) in [5, 5.41) is 9.10. The topological polar surface area (TPSA) is 69.6 Å². The van der Waals surface area contributed by atoms with Crippen molar-refractivity contribution >= 4 is 15.9 Å². The summed E-state index contributed by atoms with van der Waals surface area (Å²) in [6, 6.07) is 7.45. The van der Waals surface area contributed by atoms with Gasteiger partial charge in [-0.25, -0.2) is 0 Å². The summed E-state index contributed by atoms with van der Waals surface area (Å²) >= 11 is 0. The molecule has 1 saturated heterocycles. The van der Waals surface area contributed by atoms with Crippen LogP contribution in [0.15, 0.2) is 24.3 Å². The molecule has 5 nitrogen and oxygen atoms in total. The van der Waals surface area contributed by atoms with Crippen LogP contribution in [0, 0.1) is 5.92 Å². The number of aliphatic hydroxyl groups is 1. The van der Waals surface area contributed by atoms with E-state index in [0.29, 0.717) is 31.6 Å². The molecule has 1 aromatic carbocycles. The van der Waals surface area contributed by atoms with Crippen LogP contribution in [0.25, 0.3) is 0 Å². The lowest BCUT2D eigenvalue weighted by atomic mass is 10.00. The minimum Gasteiger partial charge on any atom is -0.396 e. The van der Waals surface area contributed by atoms with Crippen molar-refractivity contribution in [1.29, 1.82) is 0 Å². The average molecular weight is 298 g/mol. The summed E-state index contributed by atoms with van der Waals surface area (Å²) in [4.78, 5) is 0. The molecular weight excluding hydrogens is 276 g/mol. The van der Waals surface area contributed by atoms with Gasteiger partial charge in [0, 0.05) is 19.7 Å². The molecule has 1 heterocycles. The number of aliphatic hydroxyl groups excluding tert-OH is 1. The van der Waals surface area contributed by atoms with Crippen molar-refractivity contribution in [2.24, 2.45) is 5.92 Å². The summed E-state index contributed by atoms with van der Waals surface area (Å²) < 4.78 is 28.9. The first-order chi connectivity index (χ1) is 9.56. The van der Waals surface area contributed by atoms with E-state index in [0.717, 1.165) is 12.0 Å². The molecule has 0 radical (unpaired) electrons. The van der Waals surface area contributed by atoms with Gasteiger partial charge in [0.25, 0.3) is 0 Å². The number of nitrogens with one attached hydrogen (secondary N) is 1. The lowest BCUT2D eigenvalue weighted by molar-refractivity contribution is 0.170. The minimum atomic E-state index is -3.50. The molecule has 1 fully saturated rings. The highest BCUT2D eigenvalue weighted by atomic mass is 32.2. The lowest BCUT2D eigenvalue weighted by Crippen LogP contribution is -2.42. The zero-order chi connectivity index (χ0) is 14.6. The van der Waals surface area contributed by atoms with E-state index in [4.69, 9.17) is 5.11 Å². The van der Waals surface area contributed by atoms with Crippen molar-refractivity contribution in [3.8, 4) is 0 Å². The fraction of sp³-hybridized carbons (Fsp3) is 0.571. The molecule has 0 aliphatic carbocycles. The van der Waals surface area contributed by atoms with Crippen LogP contribution in [-0.4, -0.2) is 37.5 Å². The fourth-order valence-electron chi connectivity index (χ4n) is 2.46. The maximum Gasteiger partial charge on any atom is 0.301 e. The fourth-order valence-corrected chi connectivity index (χ4v) is 3.76. The molecule has 0 bridgehead atoms. The van der Waals surface area contributed by atoms with E-state index in [2.05, 4.69) is 4.72 Å². The van der Waals surface area contributed by atoms with E-state index in [1.54, 1.807) is 6.07 Å². The SMILES string of the molecule is CCc1ccccc1NS(=O)(=O)N1CCC(CO)CC1. The number of anilines is 1. The van der Waals surface area contributed by atoms with Crippen molar-refractivity contribution in [3.63, 3.8) is 0 Å². The van der Waals surface area contributed by atoms with Crippen LogP contribution in [0.4, 0.5) is 5.69 Å². The summed E-state index contributed by atoms with van der Waals surface area (Å²) in [6.45, 7) is 3.07. The van der Waals surface area contributed by atoms with Crippen LogP contribution in [0.1, 0.15) is 25.3 Å². The zero-order valence-corrected chi connectivity index (χ0v) is 12.6. The highest BCUT2D eigenvalue weighted by Crippen LogP contribution is 2.22. The van der Waals surface area contributed by atoms with Crippen LogP contribution >= 0.6 is 0 Å². The summed E-state index contributed by atoms with van der Waals surface area (Å²) in [6.07, 6.45) is 2.21. The van der Waals surface area contributed by atoms with E-state index in [9.17, 15) is 8.42 Å². The molecule has 0 atom stereocenters. The molecular formula is C14H22N2O3S. The molecule has 6 heteroatoms. The number of rotatable bonds is 5. The highest BCUT2D eigenvalue weighted by molar-refractivity contribution is 7.90. The number of aryl methyl sites for hydroxylation is 1. The Labute approximate surface area is 120 Å². The monoisotopic (exact) mass is 298 g/mol. The normalized spacial score (nSPS) is 18.1. The molecule has 0 unspecified atom stereocenters. The Morgan fingerprint density at radius 2 is 1.95 bits per heavy atom. The number of nitrogens with zero attached hydrogens (tertiary/aromatic N) is 1. The Kier molecular flexibility index (Phi) is 5.01. The van der Waals surface area contributed by atoms with Gasteiger partial charge in [-0.1, -0.05) is 25.1 Å². The van der Waals surface area contributed by atoms with Crippen LogP contribution in [0.2, 0.25) is 0 Å². The van der Waals surface area contributed by atoms with Crippen molar-refractivity contribution in [3.05, 3.63) is 29.8 Å². The van der Waals surface area contributed by atoms with Crippen LogP contribution in [0.3, 0.4) is 0 Å². The van der Waals surface area contributed by atoms with Gasteiger partial charge in [0.1, 0.15) is 0 Å². The molecule has 0 spiro atoms. The second kappa shape index (κ2) is 6.56. The van der Waals surface area contributed by atoms with E-state index in [1.807, 2.05) is 25.1 Å². The van der Waals surface area contributed by atoms with E-state index >= 15 is 0 Å². The van der Waals surface area contributed by atoms with Gasteiger partial charge in [-0.15, -0.1) is 0 Å². The Hall–Kier alpha value is -1.11. The summed E-state index contributed by atoms with van der Waals surface area (Å²) in [7, 11) is -3.50. The number of hydrogen-bond acceptors (Lipinski definition) is 3. The first-order valence-electron chi connectivity index (χ1n) is 7.03. The largest absolute Gasteiger partial charge is 0.396 e. The first kappa shape index (κ1) is 15.3. The Bertz CT molecular complexity index is 537. The lowest BCUT2D eigenvalue weighted by Gasteiger charge is -2.30. The zero-order valence-electron chi connectivity index (χ0n) is 11.7. The van der Waals surface area contributed by atoms with Crippen molar-refractivity contribution in [2.45, 2.75) is 26.2 Å². The molecule has 0 saturated carbocycles. The van der Waals surface area contributed by atoms with Crippen LogP contribution in [0.5, 0.6) is 0 Å². The van der Waals surface area contributed by atoms with Gasteiger partial charge < -0.3 is 5.11 Å². The predicted octanol–water partition coefficient (Wildman–Crippen LogP) is 1.61. The molecule has 0 aromatic heterocycles. The van der Waals surface area contributed by atoms with Crippen molar-refractivity contribution in [1.82, 2.24) is 4.31 Å². The van der Waals surface area contributed by atoms with E-state index in [1.165, 1.54) is 4.31 Å². The van der Waals surface area contributed by atoms with Crippen LogP contribution < -0.4 is 4.72 Å². The molecule has 112 valence electrons. The quantitative estimate of drug-likeness (QED) is 0.867. The van der Waals surface area contributed by atoms with Gasteiger partial charge in [0.05, 0.1) is 5.69 Å². The Morgan fingerprint density at radius 1 is 1.30 bits per heavy atom. The first-order valence-corrected chi connectivity index (χ1v) is 8.47. The molecule has 2 rings (SSSR count). The van der Waals surface area contributed by atoms with Gasteiger partial charge in [-0.05, 0) is 36.8 Å². The molecule has 1 aromatic rings. The highest BCUT2D eigenvalue weighted by Gasteiger charge is 2.27. The molecule has 1 aliphatic rings. The van der Waals surface area contributed by atoms with Gasteiger partial charge in [-0.3, -0.25) is 4.72 Å². The van der Waals surface area contributed by atoms with Gasteiger partial charge in [-0.2, -0.15) is 12.7 Å². The van der Waals surface area contributed by atoms with E-state index < -0.39 is 10.2 Å². The van der Waals surface area contributed by atoms with Gasteiger partial charge in [0.2, 0.25) is 0 Å². The van der Waals surface area contributed by atoms with Gasteiger partial charge in [0.15, 0.2) is 0 Å². The second-order valence-corrected chi connectivity index (χ2v) is 6.81. The third-order valence-electron chi connectivity index (χ3n) is 3.81. The number of para-hydroxylation sites is 1. The Morgan fingerprint density at radius 3 is 2.55 bits per heavy atom. The molecule has 2 N–H and O–H groups in total. The summed E-state index contributed by atoms with van der Waals surface area (Å²) in [5.74, 6) is 0.226. The van der Waals surface area contributed by atoms with Crippen molar-refractivity contribution < 1.29 is 13.5 Å². The molecule has 0 amide bonds. The maximum atomic E-state index is 12.4. The average Bonchev–Trinajstić information content (AvgIpc) is 2.47. The Balaban J connectivity index is 2.08. The third kappa shape index (κ3) is 3.50. The van der Waals surface area contributed by atoms with Crippen molar-refractivity contribution in [2.75, 3.05) is 24.4 Å². The maximum absolute atomic E-state index is 12.4. The number of hydrogen-bond donors (Lipinski definition) is 2. The van der Waals surface area contributed by atoms with Gasteiger partial charge >= 0.3 is 10.2 Å². The number of benzene rings is 1. The number of piperidine rings is 1. The third-order valence-corrected chi connectivity index (χ3v) is 5.33.